The van der Waals surface area contributed by atoms with Gasteiger partial charge >= 0.3 is 0 Å². The van der Waals surface area contributed by atoms with Gasteiger partial charge in [-0.1, -0.05) is 35.3 Å². The van der Waals surface area contributed by atoms with Crippen LogP contribution in [0.4, 0.5) is 0 Å². The Balaban J connectivity index is 1.91. The van der Waals surface area contributed by atoms with E-state index in [2.05, 4.69) is 0 Å². The summed E-state index contributed by atoms with van der Waals surface area (Å²) in [6.07, 6.45) is 1.49. The molecule has 1 aromatic heterocycles. The molecule has 1 atom stereocenters. The van der Waals surface area contributed by atoms with Crippen molar-refractivity contribution in [1.82, 2.24) is 4.90 Å². The molecule has 1 N–H and O–H groups in total. The Bertz CT molecular complexity index is 1170. The van der Waals surface area contributed by atoms with Gasteiger partial charge in [0.05, 0.1) is 37.1 Å². The predicted molar refractivity (Wildman–Crippen MR) is 116 cm³/mol. The molecule has 158 valence electrons. The molecule has 1 saturated heterocycles. The van der Waals surface area contributed by atoms with Crippen molar-refractivity contribution < 1.29 is 23.8 Å². The minimum atomic E-state index is -0.856. The largest absolute Gasteiger partial charge is 0.507 e. The number of carbonyl (C=O) groups excluding carboxylic acids is 2. The molecule has 4 rings (SSSR count). The number of aliphatic hydroxyl groups excluding tert-OH is 1. The summed E-state index contributed by atoms with van der Waals surface area (Å²) in [6.45, 7) is 0.0499. The van der Waals surface area contributed by atoms with Crippen molar-refractivity contribution in [3.05, 3.63) is 93.4 Å². The number of likely N-dealkylation sites (tertiary alicyclic amines) is 1. The summed E-state index contributed by atoms with van der Waals surface area (Å²) in [5, 5.41) is 12.0. The van der Waals surface area contributed by atoms with Crippen LogP contribution in [-0.2, 0) is 16.1 Å². The summed E-state index contributed by atoms with van der Waals surface area (Å²) in [5.74, 6) is -1.13. The lowest BCUT2D eigenvalue weighted by atomic mass is 9.95. The molecule has 0 spiro atoms. The van der Waals surface area contributed by atoms with E-state index in [9.17, 15) is 14.7 Å². The van der Waals surface area contributed by atoms with Gasteiger partial charge in [-0.15, -0.1) is 0 Å². The zero-order valence-corrected chi connectivity index (χ0v) is 17.9. The Morgan fingerprint density at radius 3 is 2.45 bits per heavy atom. The van der Waals surface area contributed by atoms with Crippen LogP contribution in [-0.4, -0.2) is 28.8 Å². The Hall–Kier alpha value is -3.22. The highest BCUT2D eigenvalue weighted by molar-refractivity contribution is 6.46. The monoisotopic (exact) mass is 457 g/mol. The fourth-order valence-electron chi connectivity index (χ4n) is 3.62. The maximum Gasteiger partial charge on any atom is 0.296 e. The van der Waals surface area contributed by atoms with Crippen molar-refractivity contribution in [2.75, 3.05) is 7.11 Å². The van der Waals surface area contributed by atoms with Crippen molar-refractivity contribution in [2.45, 2.75) is 12.6 Å². The first kappa shape index (κ1) is 21.0. The quantitative estimate of drug-likeness (QED) is 0.322. The summed E-state index contributed by atoms with van der Waals surface area (Å²) in [4.78, 5) is 27.4. The molecule has 3 aromatic rings. The normalized spacial score (nSPS) is 17.9. The van der Waals surface area contributed by atoms with Gasteiger partial charge in [0, 0.05) is 10.0 Å². The second-order valence-corrected chi connectivity index (χ2v) is 7.78. The first-order valence-corrected chi connectivity index (χ1v) is 10.1. The fourth-order valence-corrected chi connectivity index (χ4v) is 3.91. The van der Waals surface area contributed by atoms with Gasteiger partial charge in [-0.05, 0) is 48.0 Å². The Kier molecular flexibility index (Phi) is 5.76. The molecule has 0 saturated carbocycles. The Morgan fingerprint density at radius 1 is 1.10 bits per heavy atom. The van der Waals surface area contributed by atoms with E-state index in [1.54, 1.807) is 48.5 Å². The highest BCUT2D eigenvalue weighted by atomic mass is 35.5. The predicted octanol–water partition coefficient (Wildman–Crippen LogP) is 5.22. The first-order chi connectivity index (χ1) is 14.9. The summed E-state index contributed by atoms with van der Waals surface area (Å²) in [6, 6.07) is 13.9. The van der Waals surface area contributed by atoms with Gasteiger partial charge in [-0.2, -0.15) is 0 Å². The van der Waals surface area contributed by atoms with Crippen LogP contribution in [0, 0.1) is 0 Å². The number of aliphatic hydroxyl groups is 1. The maximum atomic E-state index is 13.1. The third-order valence-corrected chi connectivity index (χ3v) is 5.54. The zero-order chi connectivity index (χ0) is 22.1. The number of furan rings is 1. The van der Waals surface area contributed by atoms with Crippen LogP contribution in [0.3, 0.4) is 0 Å². The zero-order valence-electron chi connectivity index (χ0n) is 16.3. The number of benzene rings is 2. The van der Waals surface area contributed by atoms with Gasteiger partial charge in [0.2, 0.25) is 0 Å². The van der Waals surface area contributed by atoms with Crippen LogP contribution in [0.2, 0.25) is 10.0 Å². The lowest BCUT2D eigenvalue weighted by molar-refractivity contribution is -0.140. The number of ether oxygens (including phenoxy) is 1. The van der Waals surface area contributed by atoms with E-state index in [0.717, 1.165) is 0 Å². The third-order valence-electron chi connectivity index (χ3n) is 5.05. The molecule has 0 bridgehead atoms. The SMILES string of the molecule is COc1ccc(Cl)cc1/C(O)=C1\C(=O)C(=O)N(Cc2ccco2)C1c1ccc(Cl)cc1. The summed E-state index contributed by atoms with van der Waals surface area (Å²) in [7, 11) is 1.44. The smallest absolute Gasteiger partial charge is 0.296 e. The molecule has 0 radical (unpaired) electrons. The van der Waals surface area contributed by atoms with Gasteiger partial charge in [0.15, 0.2) is 0 Å². The standard InChI is InChI=1S/C23H17Cl2NO5/c1-30-18-9-8-15(25)11-17(18)21(27)19-20(13-4-6-14(24)7-5-13)26(23(29)22(19)28)12-16-3-2-10-31-16/h2-11,20,27H,12H2,1H3/b21-19+. The number of ketones is 1. The summed E-state index contributed by atoms with van der Waals surface area (Å²) < 4.78 is 10.7. The first-order valence-electron chi connectivity index (χ1n) is 9.31. The summed E-state index contributed by atoms with van der Waals surface area (Å²) >= 11 is 12.1. The topological polar surface area (TPSA) is 80.0 Å². The van der Waals surface area contributed by atoms with Crippen molar-refractivity contribution in [3.8, 4) is 5.75 Å². The van der Waals surface area contributed by atoms with Crippen molar-refractivity contribution >= 4 is 40.7 Å². The Morgan fingerprint density at radius 2 is 1.81 bits per heavy atom. The van der Waals surface area contributed by atoms with Crippen molar-refractivity contribution in [2.24, 2.45) is 0 Å². The summed E-state index contributed by atoms with van der Waals surface area (Å²) in [5.41, 5.74) is 0.752. The molecule has 2 heterocycles. The van der Waals surface area contributed by atoms with E-state index in [-0.39, 0.29) is 23.4 Å². The van der Waals surface area contributed by atoms with E-state index >= 15 is 0 Å². The molecule has 1 fully saturated rings. The maximum absolute atomic E-state index is 13.1. The molecule has 2 aromatic carbocycles. The number of nitrogens with zero attached hydrogens (tertiary/aromatic N) is 1. The number of carbonyl (C=O) groups is 2. The molecule has 1 aliphatic rings. The third kappa shape index (κ3) is 3.92. The molecule has 8 heteroatoms. The van der Waals surface area contributed by atoms with Crippen molar-refractivity contribution in [3.63, 3.8) is 0 Å². The molecule has 6 nitrogen and oxygen atoms in total. The fraction of sp³-hybridized carbons (Fsp3) is 0.130. The van der Waals surface area contributed by atoms with Gasteiger partial charge in [-0.3, -0.25) is 9.59 Å². The van der Waals surface area contributed by atoms with Gasteiger partial charge in [0.25, 0.3) is 11.7 Å². The average molecular weight is 458 g/mol. The van der Waals surface area contributed by atoms with Crippen LogP contribution < -0.4 is 4.74 Å². The van der Waals surface area contributed by atoms with Crippen LogP contribution in [0.1, 0.15) is 22.9 Å². The van der Waals surface area contributed by atoms with E-state index < -0.39 is 17.7 Å². The van der Waals surface area contributed by atoms with Crippen LogP contribution in [0.25, 0.3) is 5.76 Å². The highest BCUT2D eigenvalue weighted by Gasteiger charge is 2.46. The average Bonchev–Trinajstić information content (AvgIpc) is 3.36. The Labute approximate surface area is 188 Å². The van der Waals surface area contributed by atoms with E-state index in [1.165, 1.54) is 24.3 Å². The number of hydrogen-bond acceptors (Lipinski definition) is 5. The van der Waals surface area contributed by atoms with E-state index in [4.69, 9.17) is 32.4 Å². The van der Waals surface area contributed by atoms with Gasteiger partial charge in [-0.25, -0.2) is 0 Å². The van der Waals surface area contributed by atoms with E-state index in [0.29, 0.717) is 27.1 Å². The van der Waals surface area contributed by atoms with Gasteiger partial charge < -0.3 is 19.2 Å². The molecule has 1 unspecified atom stereocenters. The lowest BCUT2D eigenvalue weighted by Crippen LogP contribution is -2.29. The second kappa shape index (κ2) is 8.49. The van der Waals surface area contributed by atoms with Crippen molar-refractivity contribution in [1.29, 1.82) is 0 Å². The molecule has 31 heavy (non-hydrogen) atoms. The molecular formula is C23H17Cl2NO5. The van der Waals surface area contributed by atoms with Crippen LogP contribution in [0.15, 0.2) is 70.9 Å². The lowest BCUT2D eigenvalue weighted by Gasteiger charge is -2.24. The number of rotatable bonds is 5. The number of halogens is 2. The molecular weight excluding hydrogens is 441 g/mol. The van der Waals surface area contributed by atoms with E-state index in [1.807, 2.05) is 0 Å². The highest BCUT2D eigenvalue weighted by Crippen LogP contribution is 2.42. The number of amides is 1. The number of Topliss-reactive ketones (excluding diaryl/α,β-unsaturated/α-hetero) is 1. The molecule has 1 aliphatic heterocycles. The van der Waals surface area contributed by atoms with Crippen LogP contribution >= 0.6 is 23.2 Å². The molecule has 1 amide bonds. The number of hydrogen-bond donors (Lipinski definition) is 1. The second-order valence-electron chi connectivity index (χ2n) is 6.90. The van der Waals surface area contributed by atoms with Crippen LogP contribution in [0.5, 0.6) is 5.75 Å². The minimum absolute atomic E-state index is 0.0499. The minimum Gasteiger partial charge on any atom is -0.507 e. The number of methoxy groups -OCH3 is 1. The van der Waals surface area contributed by atoms with Gasteiger partial charge in [0.1, 0.15) is 17.3 Å². The molecule has 0 aliphatic carbocycles.